The van der Waals surface area contributed by atoms with Crippen molar-refractivity contribution in [3.8, 4) is 0 Å². The van der Waals surface area contributed by atoms with Crippen LogP contribution in [0, 0.1) is 5.41 Å². The van der Waals surface area contributed by atoms with Crippen molar-refractivity contribution in [1.29, 1.82) is 0 Å². The predicted molar refractivity (Wildman–Crippen MR) is 65.3 cm³/mol. The van der Waals surface area contributed by atoms with Crippen LogP contribution in [0.25, 0.3) is 0 Å². The molecular formula is C12H26N2O2. The molecule has 1 fully saturated rings. The summed E-state index contributed by atoms with van der Waals surface area (Å²) in [5.74, 6) is 0. The molecule has 0 amide bonds. The second kappa shape index (κ2) is 5.45. The highest BCUT2D eigenvalue weighted by atomic mass is 16.5. The second-order valence-corrected chi connectivity index (χ2v) is 5.88. The Balaban J connectivity index is 2.40. The molecule has 1 rings (SSSR count). The molecular weight excluding hydrogens is 204 g/mol. The van der Waals surface area contributed by atoms with E-state index in [2.05, 4.69) is 18.7 Å². The number of likely N-dealkylation sites (N-methyl/N-ethyl adjacent to an activating group) is 1. The number of hydrogen-bond acceptors (Lipinski definition) is 4. The molecule has 0 atom stereocenters. The Labute approximate surface area is 98.8 Å². The topological polar surface area (TPSA) is 58.7 Å². The summed E-state index contributed by atoms with van der Waals surface area (Å²) in [7, 11) is 2.05. The SMILES string of the molecule is CN(CC(C)(C)CN)CC1(O)CCOCC1. The quantitative estimate of drug-likeness (QED) is 0.720. The Morgan fingerprint density at radius 3 is 2.44 bits per heavy atom. The van der Waals surface area contributed by atoms with Crippen LogP contribution in [-0.4, -0.2) is 55.5 Å². The fraction of sp³-hybridized carbons (Fsp3) is 1.00. The molecule has 16 heavy (non-hydrogen) atoms. The van der Waals surface area contributed by atoms with Gasteiger partial charge in [-0.1, -0.05) is 13.8 Å². The maximum atomic E-state index is 10.4. The molecule has 0 aliphatic carbocycles. The number of hydrogen-bond donors (Lipinski definition) is 2. The highest BCUT2D eigenvalue weighted by molar-refractivity contribution is 4.85. The lowest BCUT2D eigenvalue weighted by molar-refractivity contribution is -0.0793. The van der Waals surface area contributed by atoms with Gasteiger partial charge in [0.2, 0.25) is 0 Å². The molecule has 1 heterocycles. The van der Waals surface area contributed by atoms with Crippen LogP contribution in [-0.2, 0) is 4.74 Å². The molecule has 0 aromatic carbocycles. The molecule has 1 aliphatic rings. The summed E-state index contributed by atoms with van der Waals surface area (Å²) in [5.41, 5.74) is 5.25. The molecule has 0 bridgehead atoms. The minimum absolute atomic E-state index is 0.107. The average Bonchev–Trinajstić information content (AvgIpc) is 2.17. The monoisotopic (exact) mass is 230 g/mol. The first-order valence-electron chi connectivity index (χ1n) is 6.06. The van der Waals surface area contributed by atoms with E-state index in [1.807, 2.05) is 7.05 Å². The number of aliphatic hydroxyl groups is 1. The van der Waals surface area contributed by atoms with Crippen molar-refractivity contribution < 1.29 is 9.84 Å². The van der Waals surface area contributed by atoms with Crippen LogP contribution in [0.1, 0.15) is 26.7 Å². The highest BCUT2D eigenvalue weighted by Gasteiger charge is 2.32. The third kappa shape index (κ3) is 4.37. The summed E-state index contributed by atoms with van der Waals surface area (Å²) >= 11 is 0. The maximum Gasteiger partial charge on any atom is 0.0817 e. The van der Waals surface area contributed by atoms with Crippen molar-refractivity contribution in [1.82, 2.24) is 4.90 Å². The molecule has 0 spiro atoms. The Hall–Kier alpha value is -0.160. The Morgan fingerprint density at radius 2 is 1.94 bits per heavy atom. The molecule has 0 unspecified atom stereocenters. The van der Waals surface area contributed by atoms with E-state index < -0.39 is 5.60 Å². The normalized spacial score (nSPS) is 21.4. The molecule has 4 nitrogen and oxygen atoms in total. The van der Waals surface area contributed by atoms with Gasteiger partial charge < -0.3 is 20.5 Å². The number of ether oxygens (including phenoxy) is 1. The van der Waals surface area contributed by atoms with Crippen molar-refractivity contribution in [2.24, 2.45) is 11.1 Å². The van der Waals surface area contributed by atoms with Crippen molar-refractivity contribution in [2.45, 2.75) is 32.3 Å². The van der Waals surface area contributed by atoms with E-state index in [9.17, 15) is 5.11 Å². The summed E-state index contributed by atoms with van der Waals surface area (Å²) in [6.45, 7) is 7.93. The summed E-state index contributed by atoms with van der Waals surface area (Å²) in [5, 5.41) is 10.4. The van der Waals surface area contributed by atoms with Crippen LogP contribution >= 0.6 is 0 Å². The minimum atomic E-state index is -0.572. The fourth-order valence-corrected chi connectivity index (χ4v) is 2.26. The van der Waals surface area contributed by atoms with E-state index in [4.69, 9.17) is 10.5 Å². The van der Waals surface area contributed by atoms with Crippen LogP contribution in [0.15, 0.2) is 0 Å². The molecule has 1 saturated heterocycles. The molecule has 3 N–H and O–H groups in total. The summed E-state index contributed by atoms with van der Waals surface area (Å²) in [6.07, 6.45) is 1.47. The molecule has 0 radical (unpaired) electrons. The van der Waals surface area contributed by atoms with Crippen molar-refractivity contribution in [3.63, 3.8) is 0 Å². The third-order valence-corrected chi connectivity index (χ3v) is 3.24. The average molecular weight is 230 g/mol. The van der Waals surface area contributed by atoms with Gasteiger partial charge in [0.1, 0.15) is 0 Å². The van der Waals surface area contributed by atoms with E-state index in [1.165, 1.54) is 0 Å². The first-order valence-corrected chi connectivity index (χ1v) is 6.06. The Bertz CT molecular complexity index is 213. The summed E-state index contributed by atoms with van der Waals surface area (Å²) < 4.78 is 5.27. The lowest BCUT2D eigenvalue weighted by atomic mass is 9.90. The lowest BCUT2D eigenvalue weighted by Crippen LogP contribution is -2.48. The standard InChI is InChI=1S/C12H26N2O2/c1-11(2,8-13)9-14(3)10-12(15)4-6-16-7-5-12/h15H,4-10,13H2,1-3H3. The molecule has 0 saturated carbocycles. The fourth-order valence-electron chi connectivity index (χ4n) is 2.26. The van der Waals surface area contributed by atoms with Crippen molar-refractivity contribution >= 4 is 0 Å². The van der Waals surface area contributed by atoms with Gasteiger partial charge in [0.25, 0.3) is 0 Å². The van der Waals surface area contributed by atoms with Crippen molar-refractivity contribution in [2.75, 3.05) is 39.9 Å². The zero-order chi connectivity index (χ0) is 12.2. The zero-order valence-corrected chi connectivity index (χ0v) is 10.8. The van der Waals surface area contributed by atoms with Gasteiger partial charge in [-0.3, -0.25) is 0 Å². The smallest absolute Gasteiger partial charge is 0.0817 e. The van der Waals surface area contributed by atoms with Crippen LogP contribution in [0.4, 0.5) is 0 Å². The van der Waals surface area contributed by atoms with Crippen LogP contribution in [0.2, 0.25) is 0 Å². The third-order valence-electron chi connectivity index (χ3n) is 3.24. The first kappa shape index (κ1) is 13.9. The zero-order valence-electron chi connectivity index (χ0n) is 10.8. The van der Waals surface area contributed by atoms with Gasteiger partial charge in [-0.05, 0) is 19.0 Å². The maximum absolute atomic E-state index is 10.4. The van der Waals surface area contributed by atoms with Crippen molar-refractivity contribution in [3.05, 3.63) is 0 Å². The number of rotatable bonds is 5. The molecule has 0 aromatic heterocycles. The Morgan fingerprint density at radius 1 is 1.38 bits per heavy atom. The first-order chi connectivity index (χ1) is 7.37. The summed E-state index contributed by atoms with van der Waals surface area (Å²) in [4.78, 5) is 2.18. The molecule has 4 heteroatoms. The van der Waals surface area contributed by atoms with Gasteiger partial charge in [0.05, 0.1) is 5.60 Å². The van der Waals surface area contributed by atoms with Gasteiger partial charge >= 0.3 is 0 Å². The molecule has 0 aromatic rings. The predicted octanol–water partition coefficient (Wildman–Crippen LogP) is 0.445. The molecule has 96 valence electrons. The number of nitrogens with zero attached hydrogens (tertiary/aromatic N) is 1. The second-order valence-electron chi connectivity index (χ2n) is 5.88. The largest absolute Gasteiger partial charge is 0.388 e. The van der Waals surface area contributed by atoms with E-state index in [-0.39, 0.29) is 5.41 Å². The van der Waals surface area contributed by atoms with Crippen LogP contribution < -0.4 is 5.73 Å². The lowest BCUT2D eigenvalue weighted by Gasteiger charge is -2.38. The number of nitrogens with two attached hydrogens (primary N) is 1. The van der Waals surface area contributed by atoms with Crippen LogP contribution in [0.5, 0.6) is 0 Å². The molecule has 1 aliphatic heterocycles. The van der Waals surface area contributed by atoms with E-state index in [0.717, 1.165) is 19.4 Å². The van der Waals surface area contributed by atoms with E-state index in [1.54, 1.807) is 0 Å². The minimum Gasteiger partial charge on any atom is -0.388 e. The highest BCUT2D eigenvalue weighted by Crippen LogP contribution is 2.23. The van der Waals surface area contributed by atoms with Gasteiger partial charge in [0, 0.05) is 39.1 Å². The van der Waals surface area contributed by atoms with E-state index in [0.29, 0.717) is 26.3 Å². The van der Waals surface area contributed by atoms with Crippen LogP contribution in [0.3, 0.4) is 0 Å². The summed E-state index contributed by atoms with van der Waals surface area (Å²) in [6, 6.07) is 0. The van der Waals surface area contributed by atoms with Gasteiger partial charge in [-0.15, -0.1) is 0 Å². The van der Waals surface area contributed by atoms with Gasteiger partial charge in [-0.2, -0.15) is 0 Å². The van der Waals surface area contributed by atoms with E-state index >= 15 is 0 Å². The van der Waals surface area contributed by atoms with Gasteiger partial charge in [-0.25, -0.2) is 0 Å². The van der Waals surface area contributed by atoms with Gasteiger partial charge in [0.15, 0.2) is 0 Å². The Kier molecular flexibility index (Phi) is 4.73.